The van der Waals surface area contributed by atoms with Crippen LogP contribution in [0.1, 0.15) is 135 Å². The van der Waals surface area contributed by atoms with E-state index < -0.39 is 120 Å². The Labute approximate surface area is 602 Å². The van der Waals surface area contributed by atoms with E-state index in [0.717, 1.165) is 0 Å². The second kappa shape index (κ2) is 30.4. The molecule has 0 aromatic rings. The van der Waals surface area contributed by atoms with Crippen molar-refractivity contribution in [1.29, 1.82) is 0 Å². The number of aliphatic hydroxyl groups is 1. The lowest BCUT2D eigenvalue weighted by Gasteiger charge is -2.40. The van der Waals surface area contributed by atoms with Gasteiger partial charge in [0.25, 0.3) is 35.4 Å². The van der Waals surface area contributed by atoms with Crippen molar-refractivity contribution < 1.29 is 77.0 Å². The van der Waals surface area contributed by atoms with Gasteiger partial charge in [0.15, 0.2) is 0 Å². The molecule has 0 unspecified atom stereocenters. The van der Waals surface area contributed by atoms with E-state index in [4.69, 9.17) is 0 Å². The fourth-order valence-corrected chi connectivity index (χ4v) is 18.3. The van der Waals surface area contributed by atoms with Crippen molar-refractivity contribution in [3.8, 4) is 0 Å². The van der Waals surface area contributed by atoms with E-state index in [0.29, 0.717) is 155 Å². The highest BCUT2D eigenvalue weighted by Crippen LogP contribution is 2.36. The molecule has 0 radical (unpaired) electrons. The Bertz CT molecular complexity index is 3430. The summed E-state index contributed by atoms with van der Waals surface area (Å²) in [5.74, 6) is -3.14. The quantitative estimate of drug-likeness (QED) is 0.247. The van der Waals surface area contributed by atoms with E-state index in [2.05, 4.69) is 5.32 Å². The van der Waals surface area contributed by atoms with Gasteiger partial charge in [-0.05, 0) is 135 Å². The molecule has 14 rings (SSSR count). The summed E-state index contributed by atoms with van der Waals surface area (Å²) in [4.78, 5) is 224. The van der Waals surface area contributed by atoms with Crippen molar-refractivity contribution in [2.75, 3.05) is 151 Å². The van der Waals surface area contributed by atoms with Crippen molar-refractivity contribution in [1.82, 2.24) is 110 Å². The second-order valence-electron chi connectivity index (χ2n) is 29.3. The van der Waals surface area contributed by atoms with Crippen LogP contribution in [0.5, 0.6) is 0 Å². The van der Waals surface area contributed by atoms with Crippen molar-refractivity contribution in [3.05, 3.63) is 0 Å². The van der Waals surface area contributed by atoms with Gasteiger partial charge >= 0.3 is 42.2 Å². The van der Waals surface area contributed by atoms with Gasteiger partial charge in [-0.25, -0.2) is 98.7 Å². The zero-order chi connectivity index (χ0) is 72.8. The molecule has 14 saturated heterocycles. The van der Waals surface area contributed by atoms with Crippen LogP contribution in [0.4, 0.5) is 33.6 Å². The number of carbonyl (C=O) groups excluding carboxylic acids is 15. The summed E-state index contributed by atoms with van der Waals surface area (Å²) in [5, 5.41) is 30.8. The van der Waals surface area contributed by atoms with E-state index in [1.807, 2.05) is 0 Å². The van der Waals surface area contributed by atoms with Gasteiger partial charge in [0.05, 0.1) is 6.61 Å². The highest BCUT2D eigenvalue weighted by atomic mass is 16.3. The number of nitrogens with zero attached hydrogens (tertiary/aromatic N) is 21. The van der Waals surface area contributed by atoms with Crippen LogP contribution in [0.25, 0.3) is 0 Å². The molecule has 14 heterocycles. The van der Waals surface area contributed by atoms with Crippen molar-refractivity contribution in [3.63, 3.8) is 0 Å². The fraction of sp³-hybridized carbons (Fsp3) is 0.773. The Hall–Kier alpha value is -9.39. The highest BCUT2D eigenvalue weighted by Gasteiger charge is 2.54. The fourth-order valence-electron chi connectivity index (χ4n) is 18.3. The maximum atomic E-state index is 14.9. The molecule has 0 aliphatic carbocycles. The van der Waals surface area contributed by atoms with Crippen LogP contribution in [-0.4, -0.2) is 392 Å². The topological polar surface area (TPSA) is 356 Å². The number of likely N-dealkylation sites (tertiary alicyclic amines) is 7. The highest BCUT2D eigenvalue weighted by molar-refractivity contribution is 5.97. The zero-order valence-corrected chi connectivity index (χ0v) is 59.2. The smallest absolute Gasteiger partial charge is 0.339 e. The summed E-state index contributed by atoms with van der Waals surface area (Å²) < 4.78 is 0. The average Bonchev–Trinajstić information content (AvgIpc) is 1.63. The zero-order valence-electron chi connectivity index (χ0n) is 59.2. The molecule has 0 bridgehead atoms. The van der Waals surface area contributed by atoms with Crippen molar-refractivity contribution >= 4 is 90.0 Å². The van der Waals surface area contributed by atoms with Gasteiger partial charge in [-0.15, -0.1) is 0 Å². The lowest BCUT2D eigenvalue weighted by Crippen LogP contribution is -2.62. The van der Waals surface area contributed by atoms with Gasteiger partial charge < -0.3 is 44.7 Å². The molecule has 568 valence electrons. The standard InChI is InChI=1S/C66H98N22O16/c89-44-22-67-53(91)46-15-1-24-69(46)61(99)83-38-9-31-76(83)55(93)48-17-3-26-71(48)63(101)85-40-11-33-78(85)57(95)50-19-5-28-73(50)65(103)87-42-13-35-80(87)59(97)52-21-7-30-75(52)66(104)88-43-14-36-81(88)58(96)51-20-6-29-74(51)64(102)86-41-12-34-79(86)56(94)49-18-4-27-72(49)62(100)84-39-10-32-77(84)54(92)47-16-2-25-70(47)60(98)82-37-8-23-68(82)45-90/h45-52,89H,1-44H2,(H,67,91)/t46-,47-,48-,49-,50-,51-,52-/m0/s1. The third-order valence-electron chi connectivity index (χ3n) is 23.4. The summed E-state index contributed by atoms with van der Waals surface area (Å²) in [7, 11) is 0. The van der Waals surface area contributed by atoms with E-state index in [1.165, 1.54) is 104 Å². The number of rotatable bonds is 10. The summed E-state index contributed by atoms with van der Waals surface area (Å²) >= 11 is 0. The molecule has 38 nitrogen and oxygen atoms in total. The van der Waals surface area contributed by atoms with Crippen LogP contribution in [-0.2, 0) is 38.4 Å². The maximum absolute atomic E-state index is 14.9. The van der Waals surface area contributed by atoms with Crippen LogP contribution in [0.3, 0.4) is 0 Å². The van der Waals surface area contributed by atoms with Gasteiger partial charge in [-0.1, -0.05) is 0 Å². The minimum atomic E-state index is -0.999. The summed E-state index contributed by atoms with van der Waals surface area (Å²) in [5.41, 5.74) is 0. The monoisotopic (exact) mass is 1450 g/mol. The van der Waals surface area contributed by atoms with E-state index in [1.54, 1.807) is 0 Å². The lowest BCUT2D eigenvalue weighted by atomic mass is 10.2. The number of carbonyl (C=O) groups is 15. The van der Waals surface area contributed by atoms with Gasteiger partial charge in [0, 0.05) is 144 Å². The normalized spacial score (nSPS) is 27.4. The number of amides is 22. The van der Waals surface area contributed by atoms with E-state index in [-0.39, 0.29) is 143 Å². The number of aliphatic hydroxyl groups excluding tert-OH is 1. The van der Waals surface area contributed by atoms with Crippen LogP contribution in [0.2, 0.25) is 0 Å². The van der Waals surface area contributed by atoms with Crippen LogP contribution in [0.15, 0.2) is 0 Å². The Kier molecular flexibility index (Phi) is 20.9. The largest absolute Gasteiger partial charge is 0.395 e. The molecule has 7 atom stereocenters. The summed E-state index contributed by atoms with van der Waals surface area (Å²) in [6, 6.07) is -10.2. The molecule has 0 spiro atoms. The molecular weight excluding hydrogens is 1360 g/mol. The molecule has 104 heavy (non-hydrogen) atoms. The maximum Gasteiger partial charge on any atom is 0.339 e. The lowest BCUT2D eigenvalue weighted by molar-refractivity contribution is -0.149. The van der Waals surface area contributed by atoms with Crippen molar-refractivity contribution in [2.45, 2.75) is 177 Å². The minimum absolute atomic E-state index is 0.0451. The molecule has 14 fully saturated rings. The third kappa shape index (κ3) is 13.0. The van der Waals surface area contributed by atoms with Gasteiger partial charge in [-0.2, -0.15) is 0 Å². The Morgan fingerprint density at radius 1 is 0.250 bits per heavy atom. The Morgan fingerprint density at radius 3 is 0.673 bits per heavy atom. The Morgan fingerprint density at radius 2 is 0.442 bits per heavy atom. The average molecular weight is 1460 g/mol. The number of urea groups is 7. The predicted octanol–water partition coefficient (Wildman–Crippen LogP) is -1.04. The first-order valence-corrected chi connectivity index (χ1v) is 38.0. The molecule has 2 N–H and O–H groups in total. The number of hydrogen-bond acceptors (Lipinski definition) is 16. The number of hydrogen-bond donors (Lipinski definition) is 2. The number of nitrogens with one attached hydrogen (secondary N) is 1. The summed E-state index contributed by atoms with van der Waals surface area (Å²) in [6.07, 6.45) is 9.77. The number of hydrazine groups is 7. The molecule has 14 aliphatic heterocycles. The summed E-state index contributed by atoms with van der Waals surface area (Å²) in [6.45, 7) is 4.49. The molecule has 14 aliphatic rings. The molecule has 0 aromatic heterocycles. The third-order valence-corrected chi connectivity index (χ3v) is 23.4. The Balaban J connectivity index is 0.579. The van der Waals surface area contributed by atoms with Gasteiger partial charge in [-0.3, -0.25) is 43.4 Å². The first-order valence-electron chi connectivity index (χ1n) is 38.0. The molecule has 0 saturated carbocycles. The van der Waals surface area contributed by atoms with Gasteiger partial charge in [0.2, 0.25) is 12.3 Å². The first-order chi connectivity index (χ1) is 50.4. The SMILES string of the molecule is O=CN1CCCN1C(=O)N1CCC[C@H]1C(=O)N1CCCN1C(=O)N1CCC[C@H]1C(=O)N1CCCN1C(=O)N1CCC[C@H]1C(=O)N1CCCN1C(=O)N1CCC[C@H]1C(=O)N1CCCN1C(=O)N1CCC[C@H]1C(=O)N1CCCN1C(=O)N1CCC[C@H]1C(=O)N1CCCN1C(=O)N1CCC[C@H]1C(=O)NCCO. The second-order valence-corrected chi connectivity index (χ2v) is 29.3. The molecule has 38 heteroatoms. The molecule has 0 aromatic carbocycles. The van der Waals surface area contributed by atoms with Gasteiger partial charge in [0.1, 0.15) is 42.3 Å². The van der Waals surface area contributed by atoms with Crippen LogP contribution < -0.4 is 5.32 Å². The minimum Gasteiger partial charge on any atom is -0.395 e. The predicted molar refractivity (Wildman–Crippen MR) is 358 cm³/mol. The van der Waals surface area contributed by atoms with Crippen LogP contribution >= 0.6 is 0 Å². The van der Waals surface area contributed by atoms with Crippen LogP contribution in [0, 0.1) is 0 Å². The molecular formula is C66H98N22O16. The van der Waals surface area contributed by atoms with E-state index >= 15 is 0 Å². The van der Waals surface area contributed by atoms with E-state index in [9.17, 15) is 77.0 Å². The van der Waals surface area contributed by atoms with Crippen molar-refractivity contribution in [2.24, 2.45) is 0 Å². The first kappa shape index (κ1) is 71.6. The molecule has 22 amide bonds.